The average molecular weight is 259 g/mol. The predicted molar refractivity (Wildman–Crippen MR) is 74.7 cm³/mol. The Morgan fingerprint density at radius 3 is 2.42 bits per heavy atom. The quantitative estimate of drug-likeness (QED) is 0.888. The van der Waals surface area contributed by atoms with Gasteiger partial charge >= 0.3 is 0 Å². The zero-order valence-electron chi connectivity index (χ0n) is 11.2. The van der Waals surface area contributed by atoms with Gasteiger partial charge in [-0.2, -0.15) is 0 Å². The van der Waals surface area contributed by atoms with Crippen LogP contribution in [0, 0.1) is 12.7 Å². The molecule has 0 fully saturated rings. The molecule has 0 radical (unpaired) electrons. The van der Waals surface area contributed by atoms with Gasteiger partial charge in [-0.15, -0.1) is 0 Å². The number of halogens is 1. The Balaban J connectivity index is 2.00. The van der Waals surface area contributed by atoms with Crippen molar-refractivity contribution in [2.24, 2.45) is 0 Å². The fourth-order valence-corrected chi connectivity index (χ4v) is 1.85. The summed E-state index contributed by atoms with van der Waals surface area (Å²) in [5.74, 6) is 0.323. The van der Waals surface area contributed by atoms with Crippen LogP contribution in [-0.4, -0.2) is 7.05 Å². The van der Waals surface area contributed by atoms with E-state index < -0.39 is 0 Å². The molecule has 0 amide bonds. The second-order valence-electron chi connectivity index (χ2n) is 4.55. The molecule has 0 heterocycles. The summed E-state index contributed by atoms with van der Waals surface area (Å²) in [5.41, 5.74) is 3.24. The Kier molecular flexibility index (Phi) is 4.53. The highest BCUT2D eigenvalue weighted by Crippen LogP contribution is 2.20. The van der Waals surface area contributed by atoms with Crippen molar-refractivity contribution in [3.05, 3.63) is 65.0 Å². The van der Waals surface area contributed by atoms with E-state index in [0.29, 0.717) is 12.4 Å². The van der Waals surface area contributed by atoms with E-state index in [2.05, 4.69) is 17.4 Å². The number of benzene rings is 2. The molecule has 0 aliphatic heterocycles. The zero-order valence-corrected chi connectivity index (χ0v) is 11.2. The first-order valence-corrected chi connectivity index (χ1v) is 6.30. The van der Waals surface area contributed by atoms with Crippen LogP contribution in [0.25, 0.3) is 0 Å². The third-order valence-electron chi connectivity index (χ3n) is 2.95. The lowest BCUT2D eigenvalue weighted by Crippen LogP contribution is -2.05. The fourth-order valence-electron chi connectivity index (χ4n) is 1.85. The van der Waals surface area contributed by atoms with Crippen LogP contribution >= 0.6 is 0 Å². The molecule has 2 rings (SSSR count). The van der Waals surface area contributed by atoms with E-state index in [0.717, 1.165) is 17.7 Å². The van der Waals surface area contributed by atoms with Crippen molar-refractivity contribution in [2.75, 3.05) is 7.05 Å². The van der Waals surface area contributed by atoms with Gasteiger partial charge in [0, 0.05) is 12.6 Å². The molecule has 0 aliphatic carbocycles. The number of nitrogens with one attached hydrogen (secondary N) is 1. The molecule has 0 saturated carbocycles. The monoisotopic (exact) mass is 259 g/mol. The molecule has 100 valence electrons. The summed E-state index contributed by atoms with van der Waals surface area (Å²) < 4.78 is 18.8. The zero-order chi connectivity index (χ0) is 13.7. The van der Waals surface area contributed by atoms with Crippen LogP contribution in [0.4, 0.5) is 4.39 Å². The summed E-state index contributed by atoms with van der Waals surface area (Å²) in [6, 6.07) is 12.8. The van der Waals surface area contributed by atoms with Crippen molar-refractivity contribution in [3.8, 4) is 5.75 Å². The minimum Gasteiger partial charge on any atom is -0.489 e. The van der Waals surface area contributed by atoms with Crippen molar-refractivity contribution in [1.82, 2.24) is 5.32 Å². The third-order valence-corrected chi connectivity index (χ3v) is 2.95. The Bertz CT molecular complexity index is 537. The maximum atomic E-state index is 13.1. The molecule has 2 aromatic rings. The van der Waals surface area contributed by atoms with Crippen LogP contribution in [0.1, 0.15) is 16.7 Å². The van der Waals surface area contributed by atoms with Crippen LogP contribution < -0.4 is 10.1 Å². The molecule has 2 nitrogen and oxygen atoms in total. The molecule has 0 atom stereocenters. The third kappa shape index (κ3) is 3.80. The molecule has 0 aromatic heterocycles. The number of hydrogen-bond donors (Lipinski definition) is 1. The van der Waals surface area contributed by atoms with Crippen LogP contribution in [0.15, 0.2) is 42.5 Å². The van der Waals surface area contributed by atoms with Gasteiger partial charge in [-0.3, -0.25) is 0 Å². The summed E-state index contributed by atoms with van der Waals surface area (Å²) in [5, 5.41) is 3.10. The number of rotatable bonds is 5. The summed E-state index contributed by atoms with van der Waals surface area (Å²) >= 11 is 0. The number of aryl methyl sites for hydroxylation is 1. The topological polar surface area (TPSA) is 21.3 Å². The lowest BCUT2D eigenvalue weighted by Gasteiger charge is -2.09. The molecule has 19 heavy (non-hydrogen) atoms. The number of hydrogen-bond acceptors (Lipinski definition) is 2. The largest absolute Gasteiger partial charge is 0.489 e. The maximum absolute atomic E-state index is 13.1. The Morgan fingerprint density at radius 1 is 1.05 bits per heavy atom. The Morgan fingerprint density at radius 2 is 1.74 bits per heavy atom. The second kappa shape index (κ2) is 6.34. The molecule has 0 aliphatic rings. The van der Waals surface area contributed by atoms with Gasteiger partial charge in [-0.1, -0.05) is 30.3 Å². The summed E-state index contributed by atoms with van der Waals surface area (Å²) in [6.45, 7) is 3.21. The lowest BCUT2D eigenvalue weighted by atomic mass is 10.1. The van der Waals surface area contributed by atoms with Gasteiger partial charge in [0.25, 0.3) is 0 Å². The molecule has 1 N–H and O–H groups in total. The first-order chi connectivity index (χ1) is 9.19. The van der Waals surface area contributed by atoms with Crippen molar-refractivity contribution < 1.29 is 9.13 Å². The molecule has 3 heteroatoms. The second-order valence-corrected chi connectivity index (χ2v) is 4.55. The smallest absolute Gasteiger partial charge is 0.126 e. The van der Waals surface area contributed by atoms with E-state index in [1.165, 1.54) is 17.7 Å². The van der Waals surface area contributed by atoms with Gasteiger partial charge in [-0.05, 0) is 36.7 Å². The van der Waals surface area contributed by atoms with Crippen LogP contribution in [0.5, 0.6) is 5.75 Å². The first kappa shape index (κ1) is 13.6. The fraction of sp³-hybridized carbons (Fsp3) is 0.250. The van der Waals surface area contributed by atoms with Gasteiger partial charge in [0.15, 0.2) is 0 Å². The SMILES string of the molecule is CNCc1ccc(COc2cc(F)ccc2C)cc1. The van der Waals surface area contributed by atoms with E-state index >= 15 is 0 Å². The van der Waals surface area contributed by atoms with Gasteiger partial charge < -0.3 is 10.1 Å². The van der Waals surface area contributed by atoms with Gasteiger partial charge in [-0.25, -0.2) is 4.39 Å². The van der Waals surface area contributed by atoms with E-state index in [1.807, 2.05) is 26.1 Å². The molecule has 0 spiro atoms. The maximum Gasteiger partial charge on any atom is 0.126 e. The first-order valence-electron chi connectivity index (χ1n) is 6.30. The summed E-state index contributed by atoms with van der Waals surface area (Å²) in [6.07, 6.45) is 0. The van der Waals surface area contributed by atoms with Crippen LogP contribution in [0.3, 0.4) is 0 Å². The standard InChI is InChI=1S/C16H18FNO/c1-12-3-8-15(17)9-16(12)19-11-14-6-4-13(5-7-14)10-18-2/h3-9,18H,10-11H2,1-2H3. The lowest BCUT2D eigenvalue weighted by molar-refractivity contribution is 0.302. The van der Waals surface area contributed by atoms with Crippen molar-refractivity contribution in [3.63, 3.8) is 0 Å². The minimum atomic E-state index is -0.273. The Hall–Kier alpha value is -1.87. The summed E-state index contributed by atoms with van der Waals surface area (Å²) in [7, 11) is 1.92. The van der Waals surface area contributed by atoms with E-state index in [-0.39, 0.29) is 5.82 Å². The van der Waals surface area contributed by atoms with Crippen LogP contribution in [-0.2, 0) is 13.2 Å². The molecule has 0 bridgehead atoms. The average Bonchev–Trinajstić information content (AvgIpc) is 2.42. The molecule has 0 saturated heterocycles. The normalized spacial score (nSPS) is 10.5. The minimum absolute atomic E-state index is 0.273. The van der Waals surface area contributed by atoms with E-state index in [1.54, 1.807) is 6.07 Å². The highest BCUT2D eigenvalue weighted by Gasteiger charge is 2.02. The molecular formula is C16H18FNO. The van der Waals surface area contributed by atoms with Gasteiger partial charge in [0.2, 0.25) is 0 Å². The predicted octanol–water partition coefficient (Wildman–Crippen LogP) is 3.43. The molecule has 0 unspecified atom stereocenters. The van der Waals surface area contributed by atoms with Gasteiger partial charge in [0.05, 0.1) is 0 Å². The molecular weight excluding hydrogens is 241 g/mol. The molecule has 2 aromatic carbocycles. The van der Waals surface area contributed by atoms with Crippen molar-refractivity contribution in [2.45, 2.75) is 20.1 Å². The van der Waals surface area contributed by atoms with Crippen LogP contribution in [0.2, 0.25) is 0 Å². The van der Waals surface area contributed by atoms with E-state index in [4.69, 9.17) is 4.74 Å². The highest BCUT2D eigenvalue weighted by molar-refractivity contribution is 5.33. The number of ether oxygens (including phenoxy) is 1. The summed E-state index contributed by atoms with van der Waals surface area (Å²) in [4.78, 5) is 0. The van der Waals surface area contributed by atoms with E-state index in [9.17, 15) is 4.39 Å². The van der Waals surface area contributed by atoms with Gasteiger partial charge in [0.1, 0.15) is 18.2 Å². The van der Waals surface area contributed by atoms with Crippen molar-refractivity contribution >= 4 is 0 Å². The Labute approximate surface area is 113 Å². The highest BCUT2D eigenvalue weighted by atomic mass is 19.1. The van der Waals surface area contributed by atoms with Crippen molar-refractivity contribution in [1.29, 1.82) is 0 Å².